The molecule has 0 amide bonds. The minimum Gasteiger partial charge on any atom is -0.207 e. The highest BCUT2D eigenvalue weighted by molar-refractivity contribution is 7.10. The highest BCUT2D eigenvalue weighted by Gasteiger charge is 2.07. The predicted molar refractivity (Wildman–Crippen MR) is 179 cm³/mol. The van der Waals surface area contributed by atoms with Crippen LogP contribution in [0.5, 0.6) is 0 Å². The minimum atomic E-state index is -0.116. The van der Waals surface area contributed by atoms with Crippen molar-refractivity contribution in [2.75, 3.05) is 0 Å². The topological polar surface area (TPSA) is 0 Å². The van der Waals surface area contributed by atoms with E-state index in [0.717, 1.165) is 21.7 Å². The molecule has 4 rings (SSSR count). The van der Waals surface area contributed by atoms with Gasteiger partial charge in [0, 0.05) is 10.3 Å². The SMILES string of the molecule is CC(C)c1cc(Cl)cs1.Cc1cc(C(C)C)ccc1F.Cc1cccc(C(C)C)c1.Cc1cccc(C(C)C)c1F. The average Bonchev–Trinajstić information content (AvgIpc) is 3.35. The molecule has 0 unspecified atom stereocenters. The van der Waals surface area contributed by atoms with E-state index in [1.165, 1.54) is 27.6 Å². The summed E-state index contributed by atoms with van der Waals surface area (Å²) >= 11 is 7.44. The first kappa shape index (κ1) is 36.5. The van der Waals surface area contributed by atoms with Gasteiger partial charge in [0.05, 0.1) is 5.02 Å². The number of halogens is 3. The van der Waals surface area contributed by atoms with Gasteiger partial charge in [0.2, 0.25) is 0 Å². The number of thiophene rings is 1. The Bertz CT molecular complexity index is 1320. The fraction of sp³-hybridized carbons (Fsp3) is 0.405. The maximum atomic E-state index is 13.3. The van der Waals surface area contributed by atoms with Crippen molar-refractivity contribution in [3.05, 3.63) is 127 Å². The molecule has 1 heterocycles. The number of rotatable bonds is 4. The summed E-state index contributed by atoms with van der Waals surface area (Å²) < 4.78 is 26.0. The van der Waals surface area contributed by atoms with Crippen LogP contribution in [0.25, 0.3) is 0 Å². The molecule has 0 bridgehead atoms. The van der Waals surface area contributed by atoms with Crippen LogP contribution in [0.4, 0.5) is 8.78 Å². The smallest absolute Gasteiger partial charge is 0.129 e. The lowest BCUT2D eigenvalue weighted by Gasteiger charge is -2.07. The van der Waals surface area contributed by atoms with Crippen molar-refractivity contribution < 1.29 is 8.78 Å². The Hall–Kier alpha value is -2.49. The third kappa shape index (κ3) is 13.4. The van der Waals surface area contributed by atoms with Crippen molar-refractivity contribution in [1.29, 1.82) is 0 Å². The van der Waals surface area contributed by atoms with E-state index >= 15 is 0 Å². The van der Waals surface area contributed by atoms with Crippen LogP contribution in [0.15, 0.2) is 72.1 Å². The maximum Gasteiger partial charge on any atom is 0.129 e. The normalized spacial score (nSPS) is 10.6. The predicted octanol–water partition coefficient (Wildman–Crippen LogP) is 13.2. The molecule has 0 N–H and O–H groups in total. The summed E-state index contributed by atoms with van der Waals surface area (Å²) in [5, 5.41) is 2.83. The van der Waals surface area contributed by atoms with Crippen LogP contribution < -0.4 is 0 Å². The molecule has 4 aromatic rings. The van der Waals surface area contributed by atoms with Crippen LogP contribution >= 0.6 is 22.9 Å². The van der Waals surface area contributed by atoms with E-state index in [9.17, 15) is 8.78 Å². The fourth-order valence-electron chi connectivity index (χ4n) is 3.80. The summed E-state index contributed by atoms with van der Waals surface area (Å²) in [6.07, 6.45) is 0. The van der Waals surface area contributed by atoms with Crippen molar-refractivity contribution in [2.45, 2.75) is 99.8 Å². The molecule has 0 saturated carbocycles. The van der Waals surface area contributed by atoms with Crippen LogP contribution in [0.1, 0.15) is 117 Å². The van der Waals surface area contributed by atoms with Crippen LogP contribution in [0.2, 0.25) is 5.02 Å². The van der Waals surface area contributed by atoms with Crippen molar-refractivity contribution in [2.24, 2.45) is 0 Å². The van der Waals surface area contributed by atoms with E-state index < -0.39 is 0 Å². The number of hydrogen-bond donors (Lipinski definition) is 0. The van der Waals surface area contributed by atoms with E-state index in [1.54, 1.807) is 31.3 Å². The van der Waals surface area contributed by atoms with Crippen LogP contribution in [0.3, 0.4) is 0 Å². The van der Waals surface area contributed by atoms with Gasteiger partial charge < -0.3 is 0 Å². The molecule has 3 aromatic carbocycles. The molecule has 0 radical (unpaired) electrons. The molecule has 0 saturated heterocycles. The van der Waals surface area contributed by atoms with Crippen LogP contribution in [-0.4, -0.2) is 0 Å². The number of aryl methyl sites for hydroxylation is 3. The molecule has 4 heteroatoms. The zero-order valence-electron chi connectivity index (χ0n) is 26.8. The molecule has 1 aromatic heterocycles. The van der Waals surface area contributed by atoms with Gasteiger partial charge in [-0.25, -0.2) is 8.78 Å². The van der Waals surface area contributed by atoms with E-state index in [2.05, 4.69) is 72.7 Å². The molecule has 0 spiro atoms. The Balaban J connectivity index is 0.000000274. The third-order valence-corrected chi connectivity index (χ3v) is 8.14. The first-order valence-corrected chi connectivity index (χ1v) is 15.7. The van der Waals surface area contributed by atoms with Gasteiger partial charge in [-0.1, -0.05) is 127 Å². The molecular formula is C37H49ClF2S. The highest BCUT2D eigenvalue weighted by Crippen LogP contribution is 2.25. The van der Waals surface area contributed by atoms with E-state index in [-0.39, 0.29) is 17.6 Å². The van der Waals surface area contributed by atoms with Crippen molar-refractivity contribution in [3.63, 3.8) is 0 Å². The Kier molecular flexibility index (Phi) is 16.2. The standard InChI is InChI=1S/2C10H13F.C10H14.C7H9ClS/c1-7(2)9-4-5-10(11)8(3)6-9;1-7(2)9-6-4-5-8(3)10(9)11;1-8(2)10-6-4-5-9(3)7-10;1-5(2)7-3-6(8)4-9-7/h2*4-7H,1-3H3;4-8H,1-3H3;3-5H,1-2H3. The highest BCUT2D eigenvalue weighted by atomic mass is 35.5. The molecule has 0 nitrogen and oxygen atoms in total. The largest absolute Gasteiger partial charge is 0.207 e. The summed E-state index contributed by atoms with van der Waals surface area (Å²) in [4.78, 5) is 1.36. The maximum absolute atomic E-state index is 13.3. The summed E-state index contributed by atoms with van der Waals surface area (Å²) in [7, 11) is 0. The Labute approximate surface area is 257 Å². The van der Waals surface area contributed by atoms with Gasteiger partial charge in [0.15, 0.2) is 0 Å². The second kappa shape index (κ2) is 18.1. The average molecular weight is 599 g/mol. The molecular weight excluding hydrogens is 550 g/mol. The minimum absolute atomic E-state index is 0.0532. The van der Waals surface area contributed by atoms with Gasteiger partial charge in [-0.3, -0.25) is 0 Å². The first-order valence-electron chi connectivity index (χ1n) is 14.4. The van der Waals surface area contributed by atoms with Gasteiger partial charge >= 0.3 is 0 Å². The van der Waals surface area contributed by atoms with E-state index in [1.807, 2.05) is 49.6 Å². The molecule has 0 aliphatic carbocycles. The quantitative estimate of drug-likeness (QED) is 0.219. The zero-order chi connectivity index (χ0) is 31.3. The van der Waals surface area contributed by atoms with Crippen molar-refractivity contribution >= 4 is 22.9 Å². The van der Waals surface area contributed by atoms with Crippen molar-refractivity contribution in [3.8, 4) is 0 Å². The molecule has 0 aliphatic heterocycles. The molecule has 0 atom stereocenters. The Morgan fingerprint density at radius 3 is 1.59 bits per heavy atom. The van der Waals surface area contributed by atoms with Gasteiger partial charge in [0.1, 0.15) is 11.6 Å². The molecule has 0 aliphatic rings. The van der Waals surface area contributed by atoms with Crippen LogP contribution in [-0.2, 0) is 0 Å². The lowest BCUT2D eigenvalue weighted by Crippen LogP contribution is -1.94. The van der Waals surface area contributed by atoms with Crippen molar-refractivity contribution in [1.82, 2.24) is 0 Å². The molecule has 41 heavy (non-hydrogen) atoms. The zero-order valence-corrected chi connectivity index (χ0v) is 28.4. The second-order valence-corrected chi connectivity index (χ2v) is 13.1. The van der Waals surface area contributed by atoms with Gasteiger partial charge in [-0.15, -0.1) is 11.3 Å². The summed E-state index contributed by atoms with van der Waals surface area (Å²) in [6, 6.07) is 21.5. The number of hydrogen-bond acceptors (Lipinski definition) is 1. The van der Waals surface area contributed by atoms with Gasteiger partial charge in [-0.05, 0) is 84.4 Å². The van der Waals surface area contributed by atoms with E-state index in [0.29, 0.717) is 17.8 Å². The van der Waals surface area contributed by atoms with Crippen LogP contribution in [0, 0.1) is 32.4 Å². The fourth-order valence-corrected chi connectivity index (χ4v) is 4.90. The second-order valence-electron chi connectivity index (χ2n) is 11.7. The lowest BCUT2D eigenvalue weighted by molar-refractivity contribution is 0.590. The third-order valence-electron chi connectivity index (χ3n) is 6.56. The van der Waals surface area contributed by atoms with E-state index in [4.69, 9.17) is 11.6 Å². The van der Waals surface area contributed by atoms with Gasteiger partial charge in [0.25, 0.3) is 0 Å². The molecule has 224 valence electrons. The number of benzene rings is 3. The summed E-state index contributed by atoms with van der Waals surface area (Å²) in [5.41, 5.74) is 6.26. The Morgan fingerprint density at radius 1 is 0.610 bits per heavy atom. The summed E-state index contributed by atoms with van der Waals surface area (Å²) in [6.45, 7) is 22.7. The van der Waals surface area contributed by atoms with Gasteiger partial charge in [-0.2, -0.15) is 0 Å². The summed E-state index contributed by atoms with van der Waals surface area (Å²) in [5.74, 6) is 1.85. The molecule has 0 fully saturated rings. The monoisotopic (exact) mass is 598 g/mol. The Morgan fingerprint density at radius 2 is 1.20 bits per heavy atom. The lowest BCUT2D eigenvalue weighted by atomic mass is 10.0. The first-order chi connectivity index (χ1) is 19.1.